The summed E-state index contributed by atoms with van der Waals surface area (Å²) in [7, 11) is 0. The van der Waals surface area contributed by atoms with Crippen molar-refractivity contribution >= 4 is 5.91 Å². The Labute approximate surface area is 449 Å². The van der Waals surface area contributed by atoms with E-state index in [1.807, 2.05) is 0 Å². The fourth-order valence-electron chi connectivity index (χ4n) is 10.2. The number of aliphatic hydroxyl groups is 4. The normalized spacial score (nSPS) is 13.8. The van der Waals surface area contributed by atoms with Crippen LogP contribution in [0.3, 0.4) is 0 Å². The lowest BCUT2D eigenvalue weighted by atomic mass is 10.00. The van der Waals surface area contributed by atoms with E-state index in [-0.39, 0.29) is 0 Å². The van der Waals surface area contributed by atoms with E-state index in [9.17, 15) is 25.2 Å². The largest absolute Gasteiger partial charge is 0.394 e. The first-order valence-corrected chi connectivity index (χ1v) is 32.4. The van der Waals surface area contributed by atoms with Crippen molar-refractivity contribution in [3.05, 3.63) is 36.5 Å². The maximum atomic E-state index is 12.6. The number of carbonyl (C=O) groups excluding carboxylic acids is 1. The second-order valence-corrected chi connectivity index (χ2v) is 22.4. The molecule has 0 saturated heterocycles. The molecule has 0 aromatic heterocycles. The molecule has 6 nitrogen and oxygen atoms in total. The molecule has 72 heavy (non-hydrogen) atoms. The molecule has 1 amide bonds. The van der Waals surface area contributed by atoms with Crippen LogP contribution in [0.5, 0.6) is 0 Å². The van der Waals surface area contributed by atoms with Gasteiger partial charge in [-0.3, -0.25) is 4.79 Å². The van der Waals surface area contributed by atoms with Crippen LogP contribution in [0.2, 0.25) is 0 Å². The van der Waals surface area contributed by atoms with Crippen molar-refractivity contribution in [2.24, 2.45) is 0 Å². The Kier molecular flexibility index (Phi) is 59.2. The van der Waals surface area contributed by atoms with Crippen LogP contribution in [-0.4, -0.2) is 57.3 Å². The molecule has 0 aliphatic heterocycles. The zero-order chi connectivity index (χ0) is 52.3. The van der Waals surface area contributed by atoms with Gasteiger partial charge in [0.1, 0.15) is 12.2 Å². The third-order valence-corrected chi connectivity index (χ3v) is 15.3. The van der Waals surface area contributed by atoms with Gasteiger partial charge in [0.15, 0.2) is 0 Å². The minimum atomic E-state index is -1.29. The number of nitrogens with one attached hydrogen (secondary N) is 1. The second kappa shape index (κ2) is 60.4. The average molecular weight is 1010 g/mol. The Morgan fingerprint density at radius 2 is 0.583 bits per heavy atom. The van der Waals surface area contributed by atoms with Gasteiger partial charge in [0.2, 0.25) is 5.91 Å². The van der Waals surface area contributed by atoms with Gasteiger partial charge in [0, 0.05) is 0 Å². The molecule has 0 aliphatic rings. The first-order valence-electron chi connectivity index (χ1n) is 32.4. The van der Waals surface area contributed by atoms with Crippen molar-refractivity contribution in [3.63, 3.8) is 0 Å². The van der Waals surface area contributed by atoms with Gasteiger partial charge in [-0.05, 0) is 77.0 Å². The van der Waals surface area contributed by atoms with Crippen molar-refractivity contribution in [2.75, 3.05) is 6.61 Å². The van der Waals surface area contributed by atoms with Crippen LogP contribution in [-0.2, 0) is 4.79 Å². The maximum Gasteiger partial charge on any atom is 0.249 e. The number of carbonyl (C=O) groups is 1. The Morgan fingerprint density at radius 1 is 0.333 bits per heavy atom. The summed E-state index contributed by atoms with van der Waals surface area (Å²) in [5, 5.41) is 44.0. The van der Waals surface area contributed by atoms with Crippen LogP contribution < -0.4 is 5.32 Å². The number of allylic oxidation sites excluding steroid dienone is 6. The molecule has 0 bridgehead atoms. The van der Waals surface area contributed by atoms with Gasteiger partial charge in [0.25, 0.3) is 0 Å². The molecular formula is C66H127NO5. The number of hydrogen-bond donors (Lipinski definition) is 5. The Bertz CT molecular complexity index is 1140. The van der Waals surface area contributed by atoms with Crippen LogP contribution >= 0.6 is 0 Å². The minimum Gasteiger partial charge on any atom is -0.394 e. The summed E-state index contributed by atoms with van der Waals surface area (Å²) >= 11 is 0. The summed E-state index contributed by atoms with van der Waals surface area (Å²) in [5.74, 6) is -0.593. The van der Waals surface area contributed by atoms with E-state index in [4.69, 9.17) is 0 Å². The SMILES string of the molecule is CCCCCCCCCCCCC/C=C/CC/C=C/CCCC(O)C(O)C(CO)NC(=O)C(O)CCCCCCCCCCCCCCCCCC/C=C\CCCCCCCCCCCCCCCCCC. The summed E-state index contributed by atoms with van der Waals surface area (Å²) < 4.78 is 0. The van der Waals surface area contributed by atoms with Gasteiger partial charge < -0.3 is 25.7 Å². The zero-order valence-corrected chi connectivity index (χ0v) is 48.4. The molecule has 6 heteroatoms. The molecule has 426 valence electrons. The first-order chi connectivity index (χ1) is 35.5. The smallest absolute Gasteiger partial charge is 0.249 e. The molecule has 0 spiro atoms. The predicted molar refractivity (Wildman–Crippen MR) is 316 cm³/mol. The Hall–Kier alpha value is -1.47. The zero-order valence-electron chi connectivity index (χ0n) is 48.4. The molecule has 0 saturated carbocycles. The van der Waals surface area contributed by atoms with Crippen molar-refractivity contribution in [1.82, 2.24) is 5.32 Å². The fraction of sp³-hybridized carbons (Fsp3) is 0.894. The number of rotatable bonds is 60. The van der Waals surface area contributed by atoms with E-state index < -0.39 is 36.9 Å². The fourth-order valence-corrected chi connectivity index (χ4v) is 10.2. The van der Waals surface area contributed by atoms with E-state index in [1.54, 1.807) is 0 Å². The van der Waals surface area contributed by atoms with Crippen LogP contribution in [0, 0.1) is 0 Å². The third kappa shape index (κ3) is 53.4. The molecule has 0 aromatic rings. The van der Waals surface area contributed by atoms with E-state index in [0.29, 0.717) is 19.3 Å². The van der Waals surface area contributed by atoms with Crippen molar-refractivity contribution < 1.29 is 25.2 Å². The van der Waals surface area contributed by atoms with E-state index >= 15 is 0 Å². The van der Waals surface area contributed by atoms with Crippen molar-refractivity contribution in [1.29, 1.82) is 0 Å². The number of amides is 1. The molecule has 5 N–H and O–H groups in total. The van der Waals surface area contributed by atoms with E-state index in [1.165, 1.54) is 276 Å². The van der Waals surface area contributed by atoms with Gasteiger partial charge in [-0.25, -0.2) is 0 Å². The van der Waals surface area contributed by atoms with Crippen molar-refractivity contribution in [2.45, 2.75) is 372 Å². The molecule has 4 atom stereocenters. The topological polar surface area (TPSA) is 110 Å². The average Bonchev–Trinajstić information content (AvgIpc) is 3.39. The highest BCUT2D eigenvalue weighted by Gasteiger charge is 2.28. The molecule has 0 rings (SSSR count). The summed E-state index contributed by atoms with van der Waals surface area (Å²) in [6, 6.07) is -1.01. The molecule has 0 heterocycles. The summed E-state index contributed by atoms with van der Waals surface area (Å²) in [6.45, 7) is 4.08. The maximum absolute atomic E-state index is 12.6. The molecule has 0 radical (unpaired) electrons. The monoisotopic (exact) mass is 1010 g/mol. The summed E-state index contributed by atoms with van der Waals surface area (Å²) in [4.78, 5) is 12.6. The predicted octanol–water partition coefficient (Wildman–Crippen LogP) is 19.5. The lowest BCUT2D eigenvalue weighted by Gasteiger charge is -2.27. The molecule has 0 aromatic carbocycles. The van der Waals surface area contributed by atoms with Gasteiger partial charge >= 0.3 is 0 Å². The van der Waals surface area contributed by atoms with Gasteiger partial charge in [0.05, 0.1) is 18.8 Å². The summed E-state index contributed by atoms with van der Waals surface area (Å²) in [5.41, 5.74) is 0. The lowest BCUT2D eigenvalue weighted by molar-refractivity contribution is -0.132. The van der Waals surface area contributed by atoms with Gasteiger partial charge in [-0.15, -0.1) is 0 Å². The third-order valence-electron chi connectivity index (χ3n) is 15.3. The number of hydrogen-bond acceptors (Lipinski definition) is 5. The van der Waals surface area contributed by atoms with E-state index in [2.05, 4.69) is 55.6 Å². The van der Waals surface area contributed by atoms with E-state index in [0.717, 1.165) is 38.5 Å². The highest BCUT2D eigenvalue weighted by molar-refractivity contribution is 5.80. The van der Waals surface area contributed by atoms with Crippen LogP contribution in [0.1, 0.15) is 348 Å². The van der Waals surface area contributed by atoms with Crippen LogP contribution in [0.4, 0.5) is 0 Å². The summed E-state index contributed by atoms with van der Waals surface area (Å²) in [6.07, 6.45) is 76.9. The minimum absolute atomic E-state index is 0.362. The second-order valence-electron chi connectivity index (χ2n) is 22.4. The highest BCUT2D eigenvalue weighted by Crippen LogP contribution is 2.18. The first kappa shape index (κ1) is 70.5. The van der Waals surface area contributed by atoms with Gasteiger partial charge in [-0.1, -0.05) is 307 Å². The number of aliphatic hydroxyl groups excluding tert-OH is 4. The van der Waals surface area contributed by atoms with Gasteiger partial charge in [-0.2, -0.15) is 0 Å². The van der Waals surface area contributed by atoms with Crippen LogP contribution in [0.25, 0.3) is 0 Å². The Morgan fingerprint density at radius 3 is 0.875 bits per heavy atom. The molecule has 0 fully saturated rings. The highest BCUT2D eigenvalue weighted by atomic mass is 16.3. The number of unbranched alkanes of at least 4 members (excludes halogenated alkanes) is 45. The van der Waals surface area contributed by atoms with Crippen molar-refractivity contribution in [3.8, 4) is 0 Å². The lowest BCUT2D eigenvalue weighted by Crippen LogP contribution is -2.53. The van der Waals surface area contributed by atoms with Crippen LogP contribution in [0.15, 0.2) is 36.5 Å². The quantitative estimate of drug-likeness (QED) is 0.0308. The standard InChI is InChI=1S/C66H127NO5/c1-3-5-7-9-11-13-15-17-19-21-23-25-26-27-28-29-30-31-32-33-34-35-36-37-38-39-40-42-44-46-48-50-52-54-56-58-60-64(70)66(72)67-62(61-68)65(71)63(69)59-57-55-53-51-49-47-45-43-41-24-22-20-18-16-14-12-10-8-6-4-2/h31-32,43,45,51,53,62-65,68-71H,3-30,33-42,44,46-50,52,54-61H2,1-2H3,(H,67,72)/b32-31-,45-43+,53-51+. The molecule has 4 unspecified atom stereocenters. The molecule has 0 aliphatic carbocycles. The molecular weight excluding hydrogens is 887 g/mol. The Balaban J connectivity index is 3.57.